The van der Waals surface area contributed by atoms with Crippen molar-refractivity contribution in [2.75, 3.05) is 19.8 Å². The number of hydrogen-bond acceptors (Lipinski definition) is 5. The van der Waals surface area contributed by atoms with E-state index in [0.29, 0.717) is 43.6 Å². The first-order chi connectivity index (χ1) is 9.52. The minimum atomic E-state index is 0.174. The lowest BCUT2D eigenvalue weighted by atomic mass is 10.1. The van der Waals surface area contributed by atoms with E-state index < -0.39 is 0 Å². The van der Waals surface area contributed by atoms with Gasteiger partial charge in [-0.3, -0.25) is 0 Å². The molecule has 0 aliphatic carbocycles. The summed E-state index contributed by atoms with van der Waals surface area (Å²) in [6, 6.07) is 1.41. The fraction of sp³-hybridized carbons (Fsp3) is 0.733. The van der Waals surface area contributed by atoms with Crippen molar-refractivity contribution in [3.63, 3.8) is 0 Å². The van der Waals surface area contributed by atoms with Crippen LogP contribution in [0.25, 0.3) is 0 Å². The molecular weight excluding hydrogens is 254 g/mol. The van der Waals surface area contributed by atoms with Crippen LogP contribution in [0.2, 0.25) is 0 Å². The second-order valence-electron chi connectivity index (χ2n) is 5.86. The molecule has 0 saturated carbocycles. The zero-order valence-electron chi connectivity index (χ0n) is 12.7. The Morgan fingerprint density at radius 1 is 1.10 bits per heavy atom. The van der Waals surface area contributed by atoms with Crippen LogP contribution in [0.15, 0.2) is 9.98 Å². The number of aliphatic imine (C=N–C) groups is 2. The van der Waals surface area contributed by atoms with Crippen molar-refractivity contribution in [2.24, 2.45) is 21.8 Å². The van der Waals surface area contributed by atoms with E-state index in [0.717, 1.165) is 0 Å². The quantitative estimate of drug-likeness (QED) is 0.738. The molecule has 0 bridgehead atoms. The molecule has 0 saturated heterocycles. The first-order valence-electron chi connectivity index (χ1n) is 7.15. The maximum atomic E-state index is 5.67. The Morgan fingerprint density at radius 2 is 1.55 bits per heavy atom. The van der Waals surface area contributed by atoms with Crippen LogP contribution in [0, 0.1) is 24.2 Å². The summed E-state index contributed by atoms with van der Waals surface area (Å²) >= 11 is 0. The molecule has 2 heterocycles. The predicted molar refractivity (Wildman–Crippen MR) is 79.6 cm³/mol. The molecule has 20 heavy (non-hydrogen) atoms. The van der Waals surface area contributed by atoms with Crippen molar-refractivity contribution in [3.8, 4) is 12.3 Å². The highest BCUT2D eigenvalue weighted by molar-refractivity contribution is 5.94. The molecule has 2 aliphatic heterocycles. The molecule has 110 valence electrons. The summed E-state index contributed by atoms with van der Waals surface area (Å²) in [6.07, 6.45) is 5.44. The molecule has 5 heteroatoms. The van der Waals surface area contributed by atoms with E-state index >= 15 is 0 Å². The summed E-state index contributed by atoms with van der Waals surface area (Å²) in [4.78, 5) is 10.9. The van der Waals surface area contributed by atoms with Gasteiger partial charge >= 0.3 is 0 Å². The largest absolute Gasteiger partial charge is 0.463 e. The molecule has 0 aromatic carbocycles. The monoisotopic (exact) mass is 277 g/mol. The summed E-state index contributed by atoms with van der Waals surface area (Å²) in [5, 5.41) is 0. The van der Waals surface area contributed by atoms with E-state index in [1.54, 1.807) is 4.90 Å². The van der Waals surface area contributed by atoms with Crippen molar-refractivity contribution < 1.29 is 9.47 Å². The standard InChI is InChI=1S/C15H23N3O2/c1-6-7-18(14-16-12(8-19-14)10(2)3)15-17-13(9-20-15)11(4)5/h1,10-13H,7-9H2,2-5H3/t12-,13-/m1/s1. The maximum Gasteiger partial charge on any atom is 0.296 e. The van der Waals surface area contributed by atoms with E-state index in [1.165, 1.54) is 0 Å². The van der Waals surface area contributed by atoms with Gasteiger partial charge in [-0.2, -0.15) is 0 Å². The van der Waals surface area contributed by atoms with Crippen LogP contribution in [0.3, 0.4) is 0 Å². The predicted octanol–water partition coefficient (Wildman–Crippen LogP) is 1.74. The average molecular weight is 277 g/mol. The van der Waals surface area contributed by atoms with E-state index in [-0.39, 0.29) is 12.1 Å². The number of amidine groups is 2. The number of ether oxygens (including phenoxy) is 2. The SMILES string of the molecule is C#CCN(C1=N[C@@H](C(C)C)CO1)C1=N[C@@H](C(C)C)CO1. The van der Waals surface area contributed by atoms with Crippen LogP contribution in [0.1, 0.15) is 27.7 Å². The van der Waals surface area contributed by atoms with Crippen molar-refractivity contribution in [3.05, 3.63) is 0 Å². The summed E-state index contributed by atoms with van der Waals surface area (Å²) in [5.74, 6) is 3.49. The van der Waals surface area contributed by atoms with Crippen LogP contribution in [-0.4, -0.2) is 48.8 Å². The summed E-state index contributed by atoms with van der Waals surface area (Å²) in [6.45, 7) is 10.1. The number of rotatable bonds is 3. The van der Waals surface area contributed by atoms with Gasteiger partial charge in [0.05, 0.1) is 18.6 Å². The van der Waals surface area contributed by atoms with Gasteiger partial charge < -0.3 is 9.47 Å². The zero-order valence-corrected chi connectivity index (χ0v) is 12.7. The summed E-state index contributed by atoms with van der Waals surface area (Å²) in [5.41, 5.74) is 0. The van der Waals surface area contributed by atoms with Gasteiger partial charge in [0.1, 0.15) is 13.2 Å². The molecule has 5 nitrogen and oxygen atoms in total. The third-order valence-electron chi connectivity index (χ3n) is 3.57. The van der Waals surface area contributed by atoms with Gasteiger partial charge in [-0.1, -0.05) is 33.6 Å². The van der Waals surface area contributed by atoms with Crippen molar-refractivity contribution in [1.82, 2.24) is 4.90 Å². The van der Waals surface area contributed by atoms with E-state index in [4.69, 9.17) is 15.9 Å². The van der Waals surface area contributed by atoms with Gasteiger partial charge in [0.25, 0.3) is 12.0 Å². The topological polar surface area (TPSA) is 46.4 Å². The molecule has 0 radical (unpaired) electrons. The second kappa shape index (κ2) is 6.17. The highest BCUT2D eigenvalue weighted by Crippen LogP contribution is 2.19. The van der Waals surface area contributed by atoms with Crippen LogP contribution in [-0.2, 0) is 9.47 Å². The normalized spacial score (nSPS) is 25.1. The fourth-order valence-corrected chi connectivity index (χ4v) is 2.04. The zero-order chi connectivity index (χ0) is 14.7. The number of hydrogen-bond donors (Lipinski definition) is 0. The van der Waals surface area contributed by atoms with Gasteiger partial charge in [0, 0.05) is 0 Å². The molecule has 0 fully saturated rings. The molecular formula is C15H23N3O2. The Morgan fingerprint density at radius 3 is 1.85 bits per heavy atom. The lowest BCUT2D eigenvalue weighted by Crippen LogP contribution is -2.37. The highest BCUT2D eigenvalue weighted by Gasteiger charge is 2.32. The van der Waals surface area contributed by atoms with E-state index in [2.05, 4.69) is 43.6 Å². The number of terminal acetylenes is 1. The molecule has 0 spiro atoms. The Bertz CT molecular complexity index is 415. The third kappa shape index (κ3) is 3.06. The van der Waals surface area contributed by atoms with Gasteiger partial charge in [-0.25, -0.2) is 14.9 Å². The van der Waals surface area contributed by atoms with Gasteiger partial charge in [-0.15, -0.1) is 6.42 Å². The average Bonchev–Trinajstić information content (AvgIpc) is 3.05. The molecule has 2 rings (SSSR count). The smallest absolute Gasteiger partial charge is 0.296 e. The van der Waals surface area contributed by atoms with Gasteiger partial charge in [0.2, 0.25) is 0 Å². The van der Waals surface area contributed by atoms with Crippen LogP contribution in [0.4, 0.5) is 0 Å². The molecule has 0 aromatic heterocycles. The molecule has 0 amide bonds. The van der Waals surface area contributed by atoms with Crippen molar-refractivity contribution in [2.45, 2.75) is 39.8 Å². The van der Waals surface area contributed by atoms with E-state index in [1.807, 2.05) is 0 Å². The van der Waals surface area contributed by atoms with E-state index in [9.17, 15) is 0 Å². The maximum absolute atomic E-state index is 5.67. The molecule has 0 N–H and O–H groups in total. The molecule has 2 atom stereocenters. The molecule has 2 aliphatic rings. The lowest BCUT2D eigenvalue weighted by molar-refractivity contribution is 0.238. The van der Waals surface area contributed by atoms with Crippen LogP contribution >= 0.6 is 0 Å². The minimum absolute atomic E-state index is 0.174. The van der Waals surface area contributed by atoms with Gasteiger partial charge in [0.15, 0.2) is 0 Å². The molecule has 0 aromatic rings. The first-order valence-corrected chi connectivity index (χ1v) is 7.15. The van der Waals surface area contributed by atoms with Gasteiger partial charge in [-0.05, 0) is 11.8 Å². The van der Waals surface area contributed by atoms with Crippen LogP contribution in [0.5, 0.6) is 0 Å². The minimum Gasteiger partial charge on any atom is -0.463 e. The van der Waals surface area contributed by atoms with Crippen molar-refractivity contribution >= 4 is 12.0 Å². The van der Waals surface area contributed by atoms with Crippen LogP contribution < -0.4 is 0 Å². The third-order valence-corrected chi connectivity index (χ3v) is 3.57. The molecule has 0 unspecified atom stereocenters. The first kappa shape index (κ1) is 14.7. The Hall–Kier alpha value is -1.70. The van der Waals surface area contributed by atoms with Crippen molar-refractivity contribution in [1.29, 1.82) is 0 Å². The summed E-state index contributed by atoms with van der Waals surface area (Å²) in [7, 11) is 0. The second-order valence-corrected chi connectivity index (χ2v) is 5.86. The Labute approximate surface area is 121 Å². The number of nitrogens with zero attached hydrogens (tertiary/aromatic N) is 3. The fourth-order valence-electron chi connectivity index (χ4n) is 2.04. The Kier molecular flexibility index (Phi) is 4.53. The lowest BCUT2D eigenvalue weighted by Gasteiger charge is -2.18. The highest BCUT2D eigenvalue weighted by atomic mass is 16.5. The summed E-state index contributed by atoms with van der Waals surface area (Å²) < 4.78 is 11.3. The Balaban J connectivity index is 2.15.